The summed E-state index contributed by atoms with van der Waals surface area (Å²) in [6.45, 7) is 3.06. The van der Waals surface area contributed by atoms with Crippen molar-refractivity contribution in [1.82, 2.24) is 15.3 Å². The van der Waals surface area contributed by atoms with Crippen molar-refractivity contribution in [3.05, 3.63) is 77.5 Å². The molecule has 3 nitrogen and oxygen atoms in total. The fourth-order valence-electron chi connectivity index (χ4n) is 3.53. The van der Waals surface area contributed by atoms with Crippen LogP contribution in [-0.2, 0) is 6.18 Å². The predicted octanol–water partition coefficient (Wildman–Crippen LogP) is 5.65. The van der Waals surface area contributed by atoms with Gasteiger partial charge in [0.05, 0.1) is 23.1 Å². The molecule has 0 atom stereocenters. The van der Waals surface area contributed by atoms with Crippen molar-refractivity contribution in [2.24, 2.45) is 0 Å². The minimum Gasteiger partial charge on any atom is -0.313 e. The van der Waals surface area contributed by atoms with E-state index in [0.717, 1.165) is 23.4 Å². The highest BCUT2D eigenvalue weighted by atomic mass is 19.4. The van der Waals surface area contributed by atoms with Crippen LogP contribution in [0.4, 0.5) is 17.6 Å². The number of alkyl halides is 3. The maximum absolute atomic E-state index is 14.9. The second-order valence-corrected chi connectivity index (χ2v) is 7.18. The Morgan fingerprint density at radius 3 is 2.37 bits per heavy atom. The molecule has 0 unspecified atom stereocenters. The summed E-state index contributed by atoms with van der Waals surface area (Å²) in [7, 11) is 0. The van der Waals surface area contributed by atoms with Gasteiger partial charge in [0.2, 0.25) is 0 Å². The first-order chi connectivity index (χ1) is 14.3. The van der Waals surface area contributed by atoms with E-state index in [9.17, 15) is 17.6 Å². The molecule has 4 rings (SSSR count). The normalized spacial score (nSPS) is 14.5. The van der Waals surface area contributed by atoms with Crippen molar-refractivity contribution in [2.45, 2.75) is 19.5 Å². The monoisotopic (exact) mass is 413 g/mol. The quantitative estimate of drug-likeness (QED) is 0.564. The molecule has 0 bridgehead atoms. The van der Waals surface area contributed by atoms with Gasteiger partial charge in [-0.2, -0.15) is 13.2 Å². The average molecular weight is 413 g/mol. The molecule has 3 aromatic rings. The number of halogens is 4. The maximum atomic E-state index is 14.9. The first-order valence-electron chi connectivity index (χ1n) is 9.53. The van der Waals surface area contributed by atoms with Gasteiger partial charge < -0.3 is 5.32 Å². The van der Waals surface area contributed by atoms with E-state index >= 15 is 0 Å². The van der Waals surface area contributed by atoms with Crippen molar-refractivity contribution in [3.63, 3.8) is 0 Å². The summed E-state index contributed by atoms with van der Waals surface area (Å²) >= 11 is 0. The Labute approximate surface area is 171 Å². The molecule has 1 aliphatic heterocycles. The van der Waals surface area contributed by atoms with Gasteiger partial charge in [-0.1, -0.05) is 18.2 Å². The summed E-state index contributed by atoms with van der Waals surface area (Å²) in [4.78, 5) is 8.33. The van der Waals surface area contributed by atoms with Crippen LogP contribution in [0.3, 0.4) is 0 Å². The van der Waals surface area contributed by atoms with E-state index < -0.39 is 17.6 Å². The molecule has 1 aliphatic rings. The van der Waals surface area contributed by atoms with E-state index in [1.807, 2.05) is 6.08 Å². The highest BCUT2D eigenvalue weighted by Crippen LogP contribution is 2.38. The Hall–Kier alpha value is -3.06. The lowest BCUT2D eigenvalue weighted by Gasteiger charge is -2.20. The van der Waals surface area contributed by atoms with Gasteiger partial charge in [-0.15, -0.1) is 0 Å². The van der Waals surface area contributed by atoms with Crippen molar-refractivity contribution < 1.29 is 17.6 Å². The van der Waals surface area contributed by atoms with Gasteiger partial charge in [0.15, 0.2) is 0 Å². The van der Waals surface area contributed by atoms with Crippen LogP contribution in [0.2, 0.25) is 0 Å². The number of hydrogen-bond acceptors (Lipinski definition) is 3. The molecule has 0 spiro atoms. The molecule has 7 heteroatoms. The molecular weight excluding hydrogens is 394 g/mol. The van der Waals surface area contributed by atoms with Gasteiger partial charge in [-0.05, 0) is 66.4 Å². The Bertz CT molecular complexity index is 1100. The molecule has 0 aliphatic carbocycles. The fourth-order valence-corrected chi connectivity index (χ4v) is 3.53. The van der Waals surface area contributed by atoms with Gasteiger partial charge in [0, 0.05) is 18.3 Å². The molecule has 1 aromatic heterocycles. The van der Waals surface area contributed by atoms with Crippen LogP contribution in [0, 0.1) is 12.7 Å². The third-order valence-electron chi connectivity index (χ3n) is 5.09. The number of rotatable bonds is 3. The molecule has 2 aromatic carbocycles. The highest BCUT2D eigenvalue weighted by molar-refractivity contribution is 5.83. The largest absolute Gasteiger partial charge is 0.416 e. The third kappa shape index (κ3) is 4.11. The lowest BCUT2D eigenvalue weighted by atomic mass is 9.89. The molecule has 0 radical (unpaired) electrons. The van der Waals surface area contributed by atoms with Gasteiger partial charge >= 0.3 is 6.18 Å². The number of aromatic nitrogens is 2. The molecule has 154 valence electrons. The van der Waals surface area contributed by atoms with Gasteiger partial charge in [0.1, 0.15) is 5.82 Å². The van der Waals surface area contributed by atoms with Crippen LogP contribution in [-0.4, -0.2) is 23.1 Å². The van der Waals surface area contributed by atoms with E-state index in [2.05, 4.69) is 15.3 Å². The second kappa shape index (κ2) is 7.99. The van der Waals surface area contributed by atoms with Crippen LogP contribution in [0.5, 0.6) is 0 Å². The van der Waals surface area contributed by atoms with Crippen molar-refractivity contribution in [3.8, 4) is 22.4 Å². The molecule has 0 fully saturated rings. The minimum absolute atomic E-state index is 0.292. The highest BCUT2D eigenvalue weighted by Gasteiger charge is 2.31. The van der Waals surface area contributed by atoms with Crippen molar-refractivity contribution in [2.75, 3.05) is 13.1 Å². The summed E-state index contributed by atoms with van der Waals surface area (Å²) in [5, 5.41) is 3.16. The lowest BCUT2D eigenvalue weighted by Crippen LogP contribution is -2.20. The van der Waals surface area contributed by atoms with E-state index in [0.29, 0.717) is 47.5 Å². The first kappa shape index (κ1) is 20.2. The van der Waals surface area contributed by atoms with Gasteiger partial charge in [-0.25, -0.2) is 4.39 Å². The zero-order chi connectivity index (χ0) is 21.3. The van der Waals surface area contributed by atoms with Crippen molar-refractivity contribution >= 4 is 5.57 Å². The summed E-state index contributed by atoms with van der Waals surface area (Å²) in [5.41, 5.74) is 3.08. The summed E-state index contributed by atoms with van der Waals surface area (Å²) in [6.07, 6.45) is 1.10. The van der Waals surface area contributed by atoms with E-state index in [-0.39, 0.29) is 0 Å². The molecule has 0 saturated carbocycles. The van der Waals surface area contributed by atoms with Crippen molar-refractivity contribution in [1.29, 1.82) is 0 Å². The van der Waals surface area contributed by atoms with Crippen LogP contribution < -0.4 is 5.32 Å². The Morgan fingerprint density at radius 2 is 1.73 bits per heavy atom. The average Bonchev–Trinajstić information content (AvgIpc) is 2.74. The number of nitrogens with one attached hydrogen (secondary N) is 1. The Morgan fingerprint density at radius 1 is 0.933 bits per heavy atom. The topological polar surface area (TPSA) is 37.8 Å². The third-order valence-corrected chi connectivity index (χ3v) is 5.09. The minimum atomic E-state index is -4.44. The van der Waals surface area contributed by atoms with E-state index in [1.54, 1.807) is 25.3 Å². The predicted molar refractivity (Wildman–Crippen MR) is 108 cm³/mol. The fraction of sp³-hybridized carbons (Fsp3) is 0.217. The van der Waals surface area contributed by atoms with E-state index in [1.165, 1.54) is 18.3 Å². The lowest BCUT2D eigenvalue weighted by molar-refractivity contribution is -0.137. The van der Waals surface area contributed by atoms with Crippen LogP contribution in [0.1, 0.15) is 23.2 Å². The molecule has 1 N–H and O–H groups in total. The van der Waals surface area contributed by atoms with Gasteiger partial charge in [-0.3, -0.25) is 9.97 Å². The molecular formula is C23H19F4N3. The molecule has 2 heterocycles. The Balaban J connectivity index is 1.80. The summed E-state index contributed by atoms with van der Waals surface area (Å²) in [5.74, 6) is -0.504. The first-order valence-corrected chi connectivity index (χ1v) is 9.53. The smallest absolute Gasteiger partial charge is 0.313 e. The van der Waals surface area contributed by atoms with E-state index in [4.69, 9.17) is 0 Å². The maximum Gasteiger partial charge on any atom is 0.416 e. The summed E-state index contributed by atoms with van der Waals surface area (Å²) < 4.78 is 54.8. The SMILES string of the molecule is Cc1cnc(-c2ccc(-c3ccc(C(F)(F)F)cc3C3=CCNCC3)cc2F)cn1. The zero-order valence-electron chi connectivity index (χ0n) is 16.2. The van der Waals surface area contributed by atoms with Crippen LogP contribution >= 0.6 is 0 Å². The number of aryl methyl sites for hydroxylation is 1. The number of nitrogens with zero attached hydrogens (tertiary/aromatic N) is 2. The molecule has 30 heavy (non-hydrogen) atoms. The standard InChI is InChI=1S/C23H19F4N3/c1-14-12-30-22(13-29-14)19-4-2-16(10-21(19)24)18-5-3-17(23(25,26)27)11-20(18)15-6-8-28-9-7-15/h2-6,10-13,28H,7-9H2,1H3. The zero-order valence-corrected chi connectivity index (χ0v) is 16.2. The van der Waals surface area contributed by atoms with Gasteiger partial charge in [0.25, 0.3) is 0 Å². The Kier molecular flexibility index (Phi) is 5.39. The number of hydrogen-bond donors (Lipinski definition) is 1. The number of benzene rings is 2. The van der Waals surface area contributed by atoms with Crippen LogP contribution in [0.15, 0.2) is 54.9 Å². The second-order valence-electron chi connectivity index (χ2n) is 7.18. The molecule has 0 saturated heterocycles. The van der Waals surface area contributed by atoms with Crippen LogP contribution in [0.25, 0.3) is 28.0 Å². The summed E-state index contributed by atoms with van der Waals surface area (Å²) in [6, 6.07) is 8.24. The molecule has 0 amide bonds.